The minimum absolute atomic E-state index is 0.317. The number of anilines is 1. The van der Waals surface area contributed by atoms with Gasteiger partial charge < -0.3 is 5.11 Å². The molecular weight excluding hydrogens is 244 g/mol. The van der Waals surface area contributed by atoms with Crippen LogP contribution in [-0.2, 0) is 4.79 Å². The lowest BCUT2D eigenvalue weighted by atomic mass is 9.96. The predicted molar refractivity (Wildman–Crippen MR) is 67.0 cm³/mol. The van der Waals surface area contributed by atoms with Gasteiger partial charge in [0, 0.05) is 11.1 Å². The fraction of sp³-hybridized carbons (Fsp3) is 0.600. The molecule has 0 spiro atoms. The number of carbonyl (C=O) groups excluding carboxylic acids is 1. The summed E-state index contributed by atoms with van der Waals surface area (Å²) >= 11 is 3.19. The molecule has 4 nitrogen and oxygen atoms in total. The summed E-state index contributed by atoms with van der Waals surface area (Å²) in [6, 6.07) is 0. The van der Waals surface area contributed by atoms with Crippen molar-refractivity contribution in [2.45, 2.75) is 25.4 Å². The number of rotatable bonds is 2. The second-order valence-corrected chi connectivity index (χ2v) is 6.33. The molecule has 0 saturated carbocycles. The lowest BCUT2D eigenvalue weighted by molar-refractivity contribution is -0.134. The zero-order valence-corrected chi connectivity index (χ0v) is 10.7. The largest absolute Gasteiger partial charge is 0.380 e. The smallest absolute Gasteiger partial charge is 0.258 e. The topological polar surface area (TPSA) is 62.2 Å². The van der Waals surface area contributed by atoms with Crippen molar-refractivity contribution in [2.75, 3.05) is 16.8 Å². The average Bonchev–Trinajstić information content (AvgIpc) is 2.65. The monoisotopic (exact) mass is 258 g/mol. The maximum atomic E-state index is 11.9. The van der Waals surface area contributed by atoms with E-state index in [4.69, 9.17) is 0 Å². The summed E-state index contributed by atoms with van der Waals surface area (Å²) in [5.41, 5.74) is -1.20. The van der Waals surface area contributed by atoms with Crippen LogP contribution in [0.1, 0.15) is 17.7 Å². The Morgan fingerprint density at radius 2 is 2.25 bits per heavy atom. The zero-order chi connectivity index (χ0) is 11.6. The number of nitrogens with one attached hydrogen (secondary N) is 1. The molecule has 0 unspecified atom stereocenters. The van der Waals surface area contributed by atoms with Crippen LogP contribution in [0.4, 0.5) is 5.13 Å². The molecule has 0 bridgehead atoms. The number of thioether (sulfide) groups is 1. The number of carbonyl (C=O) groups is 1. The van der Waals surface area contributed by atoms with Crippen LogP contribution in [0.25, 0.3) is 0 Å². The zero-order valence-electron chi connectivity index (χ0n) is 9.02. The number of nitrogens with zero attached hydrogens (tertiary/aromatic N) is 1. The van der Waals surface area contributed by atoms with E-state index in [1.165, 1.54) is 11.3 Å². The Bertz CT molecular complexity index is 386. The molecule has 1 fully saturated rings. The highest BCUT2D eigenvalue weighted by Crippen LogP contribution is 2.28. The lowest BCUT2D eigenvalue weighted by Crippen LogP contribution is -2.45. The summed E-state index contributed by atoms with van der Waals surface area (Å²) in [4.78, 5) is 17.0. The molecule has 0 aliphatic carbocycles. The summed E-state index contributed by atoms with van der Waals surface area (Å²) in [5.74, 6) is 1.35. The van der Waals surface area contributed by atoms with Gasteiger partial charge in [0.15, 0.2) is 5.13 Å². The molecule has 1 aliphatic heterocycles. The summed E-state index contributed by atoms with van der Waals surface area (Å²) in [6.45, 7) is 1.93. The van der Waals surface area contributed by atoms with Gasteiger partial charge in [-0.25, -0.2) is 4.98 Å². The van der Waals surface area contributed by atoms with E-state index in [1.807, 2.05) is 6.92 Å². The van der Waals surface area contributed by atoms with Gasteiger partial charge in [-0.1, -0.05) is 0 Å². The van der Waals surface area contributed by atoms with E-state index < -0.39 is 5.60 Å². The minimum Gasteiger partial charge on any atom is -0.380 e. The first-order valence-corrected chi connectivity index (χ1v) is 7.11. The van der Waals surface area contributed by atoms with Gasteiger partial charge in [-0.2, -0.15) is 11.8 Å². The highest BCUT2D eigenvalue weighted by atomic mass is 32.2. The number of aliphatic hydroxyl groups is 1. The van der Waals surface area contributed by atoms with Crippen LogP contribution in [-0.4, -0.2) is 33.1 Å². The predicted octanol–water partition coefficient (Wildman–Crippen LogP) is 1.65. The molecule has 1 aliphatic rings. The summed E-state index contributed by atoms with van der Waals surface area (Å²) in [6.07, 6.45) is 2.75. The Morgan fingerprint density at radius 3 is 2.81 bits per heavy atom. The van der Waals surface area contributed by atoms with Crippen LogP contribution < -0.4 is 5.32 Å². The third-order valence-corrected chi connectivity index (χ3v) is 4.40. The molecule has 6 heteroatoms. The third-order valence-electron chi connectivity index (χ3n) is 2.58. The van der Waals surface area contributed by atoms with Crippen molar-refractivity contribution in [3.05, 3.63) is 11.1 Å². The Labute approximate surface area is 102 Å². The Hall–Kier alpha value is -0.590. The first kappa shape index (κ1) is 11.9. The van der Waals surface area contributed by atoms with Gasteiger partial charge in [0.2, 0.25) is 0 Å². The molecular formula is C10H14N2O2S2. The van der Waals surface area contributed by atoms with E-state index in [2.05, 4.69) is 10.3 Å². The Balaban J connectivity index is 2.01. The minimum atomic E-state index is -1.20. The number of amides is 1. The van der Waals surface area contributed by atoms with E-state index in [1.54, 1.807) is 18.0 Å². The molecule has 1 aromatic heterocycles. The van der Waals surface area contributed by atoms with E-state index in [9.17, 15) is 9.90 Å². The number of thiazole rings is 1. The van der Waals surface area contributed by atoms with Gasteiger partial charge in [0.05, 0.1) is 0 Å². The van der Waals surface area contributed by atoms with Gasteiger partial charge in [-0.15, -0.1) is 11.3 Å². The molecule has 2 N–H and O–H groups in total. The lowest BCUT2D eigenvalue weighted by Gasteiger charge is -2.29. The van der Waals surface area contributed by atoms with Gasteiger partial charge in [-0.05, 0) is 31.3 Å². The standard InChI is InChI=1S/C10H14N2O2S2/c1-7-6-11-9(16-7)12-8(13)10(14)2-4-15-5-3-10/h6,14H,2-5H2,1H3,(H,11,12,13). The fourth-order valence-electron chi connectivity index (χ4n) is 1.56. The Morgan fingerprint density at radius 1 is 1.56 bits per heavy atom. The van der Waals surface area contributed by atoms with Crippen LogP contribution in [0.2, 0.25) is 0 Å². The summed E-state index contributed by atoms with van der Waals surface area (Å²) < 4.78 is 0. The third kappa shape index (κ3) is 2.56. The molecule has 0 radical (unpaired) electrons. The number of hydrogen-bond donors (Lipinski definition) is 2. The van der Waals surface area contributed by atoms with Gasteiger partial charge in [0.1, 0.15) is 5.60 Å². The quantitative estimate of drug-likeness (QED) is 0.846. The highest BCUT2D eigenvalue weighted by Gasteiger charge is 2.37. The highest BCUT2D eigenvalue weighted by molar-refractivity contribution is 7.99. The van der Waals surface area contributed by atoms with Crippen molar-refractivity contribution in [1.29, 1.82) is 0 Å². The maximum Gasteiger partial charge on any atom is 0.258 e. The van der Waals surface area contributed by atoms with E-state index in [0.29, 0.717) is 18.0 Å². The van der Waals surface area contributed by atoms with Crippen LogP contribution in [0.5, 0.6) is 0 Å². The van der Waals surface area contributed by atoms with Gasteiger partial charge >= 0.3 is 0 Å². The Kier molecular flexibility index (Phi) is 3.51. The van der Waals surface area contributed by atoms with Crippen LogP contribution in [0.3, 0.4) is 0 Å². The molecule has 1 amide bonds. The number of aromatic nitrogens is 1. The van der Waals surface area contributed by atoms with Crippen molar-refractivity contribution in [1.82, 2.24) is 4.98 Å². The normalized spacial score (nSPS) is 19.4. The van der Waals surface area contributed by atoms with Crippen molar-refractivity contribution in [2.24, 2.45) is 0 Å². The van der Waals surface area contributed by atoms with E-state index in [0.717, 1.165) is 16.4 Å². The molecule has 0 aromatic carbocycles. The van der Waals surface area contributed by atoms with Crippen LogP contribution in [0, 0.1) is 6.92 Å². The number of hydrogen-bond acceptors (Lipinski definition) is 5. The molecule has 2 heterocycles. The van der Waals surface area contributed by atoms with Crippen molar-refractivity contribution < 1.29 is 9.90 Å². The second kappa shape index (κ2) is 4.73. The fourth-order valence-corrected chi connectivity index (χ4v) is 3.39. The van der Waals surface area contributed by atoms with Crippen molar-refractivity contribution in [3.63, 3.8) is 0 Å². The summed E-state index contributed by atoms with van der Waals surface area (Å²) in [5, 5.41) is 13.4. The van der Waals surface area contributed by atoms with Gasteiger partial charge in [0.25, 0.3) is 5.91 Å². The SMILES string of the molecule is Cc1cnc(NC(=O)C2(O)CCSCC2)s1. The molecule has 88 valence electrons. The molecule has 1 aromatic rings. The molecule has 1 saturated heterocycles. The van der Waals surface area contributed by atoms with Crippen LogP contribution in [0.15, 0.2) is 6.20 Å². The molecule has 16 heavy (non-hydrogen) atoms. The van der Waals surface area contributed by atoms with Crippen molar-refractivity contribution >= 4 is 34.1 Å². The second-order valence-electron chi connectivity index (χ2n) is 3.87. The first-order valence-electron chi connectivity index (χ1n) is 5.14. The number of aryl methyl sites for hydroxylation is 1. The molecule has 0 atom stereocenters. The first-order chi connectivity index (χ1) is 7.60. The van der Waals surface area contributed by atoms with E-state index in [-0.39, 0.29) is 5.91 Å². The van der Waals surface area contributed by atoms with Crippen molar-refractivity contribution in [3.8, 4) is 0 Å². The van der Waals surface area contributed by atoms with E-state index >= 15 is 0 Å². The van der Waals surface area contributed by atoms with Gasteiger partial charge in [-0.3, -0.25) is 10.1 Å². The van der Waals surface area contributed by atoms with Crippen LogP contribution >= 0.6 is 23.1 Å². The maximum absolute atomic E-state index is 11.9. The average molecular weight is 258 g/mol. The molecule has 2 rings (SSSR count). The summed E-state index contributed by atoms with van der Waals surface area (Å²) in [7, 11) is 0.